The lowest BCUT2D eigenvalue weighted by atomic mass is 9.83. The van der Waals surface area contributed by atoms with Crippen LogP contribution in [0.15, 0.2) is 18.2 Å². The molecule has 1 aromatic carbocycles. The molecule has 0 bridgehead atoms. The van der Waals surface area contributed by atoms with Crippen molar-refractivity contribution in [3.05, 3.63) is 23.2 Å². The summed E-state index contributed by atoms with van der Waals surface area (Å²) in [5.74, 6) is 0.493. The highest BCUT2D eigenvalue weighted by Crippen LogP contribution is 2.34. The van der Waals surface area contributed by atoms with Crippen LogP contribution in [0.4, 0.5) is 5.69 Å². The number of nitrogens with one attached hydrogen (secondary N) is 1. The van der Waals surface area contributed by atoms with E-state index in [1.165, 1.54) is 0 Å². The van der Waals surface area contributed by atoms with Crippen molar-refractivity contribution >= 4 is 23.2 Å². The standard InChI is InChI=1S/C20H30ClNO4/c1-4-12-25-20(10-6-5-7-11-20)19(23)22-16-8-9-18(17(21)13-16)26-15(2)14-24-3/h8-9,13,15H,4-7,10-12,14H2,1-3H3,(H,22,23)/t15-/m0/s1. The van der Waals surface area contributed by atoms with Gasteiger partial charge in [0.2, 0.25) is 0 Å². The summed E-state index contributed by atoms with van der Waals surface area (Å²) in [5, 5.41) is 3.44. The smallest absolute Gasteiger partial charge is 0.256 e. The minimum Gasteiger partial charge on any atom is -0.487 e. The summed E-state index contributed by atoms with van der Waals surface area (Å²) in [6.07, 6.45) is 5.51. The first kappa shape index (κ1) is 21.0. The van der Waals surface area contributed by atoms with Crippen LogP contribution in [0.1, 0.15) is 52.4 Å². The van der Waals surface area contributed by atoms with Crippen molar-refractivity contribution in [2.75, 3.05) is 25.6 Å². The fraction of sp³-hybridized carbons (Fsp3) is 0.650. The van der Waals surface area contributed by atoms with Gasteiger partial charge >= 0.3 is 0 Å². The van der Waals surface area contributed by atoms with Crippen molar-refractivity contribution in [2.24, 2.45) is 0 Å². The van der Waals surface area contributed by atoms with Crippen LogP contribution >= 0.6 is 11.6 Å². The topological polar surface area (TPSA) is 56.8 Å². The number of ether oxygens (including phenoxy) is 3. The normalized spacial score (nSPS) is 17.5. The Morgan fingerprint density at radius 1 is 1.31 bits per heavy atom. The van der Waals surface area contributed by atoms with Crippen LogP contribution in [0.2, 0.25) is 5.02 Å². The van der Waals surface area contributed by atoms with E-state index in [4.69, 9.17) is 25.8 Å². The summed E-state index contributed by atoms with van der Waals surface area (Å²) in [6, 6.07) is 5.28. The van der Waals surface area contributed by atoms with Crippen LogP contribution in [0.3, 0.4) is 0 Å². The molecule has 0 unspecified atom stereocenters. The third-order valence-corrected chi connectivity index (χ3v) is 4.87. The largest absolute Gasteiger partial charge is 0.487 e. The maximum absolute atomic E-state index is 12.9. The zero-order chi connectivity index (χ0) is 19.0. The van der Waals surface area contributed by atoms with Gasteiger partial charge in [0.25, 0.3) is 5.91 Å². The zero-order valence-electron chi connectivity index (χ0n) is 16.0. The molecule has 146 valence electrons. The van der Waals surface area contributed by atoms with E-state index in [1.807, 2.05) is 6.92 Å². The quantitative estimate of drug-likeness (QED) is 0.664. The number of carbonyl (C=O) groups excluding carboxylic acids is 1. The molecule has 26 heavy (non-hydrogen) atoms. The predicted molar refractivity (Wildman–Crippen MR) is 104 cm³/mol. The van der Waals surface area contributed by atoms with Crippen LogP contribution in [-0.4, -0.2) is 37.9 Å². The van der Waals surface area contributed by atoms with Gasteiger partial charge in [0.1, 0.15) is 17.5 Å². The lowest BCUT2D eigenvalue weighted by Gasteiger charge is -2.35. The molecule has 1 fully saturated rings. The lowest BCUT2D eigenvalue weighted by molar-refractivity contribution is -0.146. The van der Waals surface area contributed by atoms with Crippen molar-refractivity contribution in [1.82, 2.24) is 0 Å². The number of amides is 1. The maximum Gasteiger partial charge on any atom is 0.256 e. The number of hydrogen-bond acceptors (Lipinski definition) is 4. The maximum atomic E-state index is 12.9. The van der Waals surface area contributed by atoms with Gasteiger partial charge in [-0.1, -0.05) is 37.8 Å². The lowest BCUT2D eigenvalue weighted by Crippen LogP contribution is -2.47. The van der Waals surface area contributed by atoms with Crippen molar-refractivity contribution in [2.45, 2.75) is 64.1 Å². The number of carbonyl (C=O) groups is 1. The molecule has 6 heteroatoms. The number of benzene rings is 1. The molecule has 0 aromatic heterocycles. The van der Waals surface area contributed by atoms with Gasteiger partial charge in [-0.05, 0) is 44.4 Å². The van der Waals surface area contributed by atoms with Gasteiger partial charge in [0.05, 0.1) is 11.6 Å². The van der Waals surface area contributed by atoms with Crippen molar-refractivity contribution in [3.8, 4) is 5.75 Å². The first-order valence-corrected chi connectivity index (χ1v) is 9.79. The van der Waals surface area contributed by atoms with E-state index in [0.717, 1.165) is 38.5 Å². The SMILES string of the molecule is CCCOC1(C(=O)Nc2ccc(O[C@@H](C)COC)c(Cl)c2)CCCCC1. The second kappa shape index (κ2) is 10.1. The fourth-order valence-corrected chi connectivity index (χ4v) is 3.49. The molecule has 5 nitrogen and oxygen atoms in total. The Kier molecular flexibility index (Phi) is 8.19. The molecule has 0 radical (unpaired) electrons. The summed E-state index contributed by atoms with van der Waals surface area (Å²) in [4.78, 5) is 12.9. The van der Waals surface area contributed by atoms with E-state index in [9.17, 15) is 4.79 Å². The molecular formula is C20H30ClNO4. The van der Waals surface area contributed by atoms with Crippen molar-refractivity contribution < 1.29 is 19.0 Å². The second-order valence-corrected chi connectivity index (χ2v) is 7.29. The molecule has 1 saturated carbocycles. The molecule has 1 amide bonds. The number of anilines is 1. The van der Waals surface area contributed by atoms with Gasteiger partial charge in [-0.2, -0.15) is 0 Å². The highest BCUT2D eigenvalue weighted by Gasteiger charge is 2.40. The van der Waals surface area contributed by atoms with E-state index in [-0.39, 0.29) is 12.0 Å². The monoisotopic (exact) mass is 383 g/mol. The van der Waals surface area contributed by atoms with Gasteiger partial charge in [0.15, 0.2) is 0 Å². The van der Waals surface area contributed by atoms with Crippen molar-refractivity contribution in [1.29, 1.82) is 0 Å². The molecule has 1 N–H and O–H groups in total. The van der Waals surface area contributed by atoms with Crippen LogP contribution in [0.5, 0.6) is 5.75 Å². The van der Waals surface area contributed by atoms with Gasteiger partial charge in [-0.3, -0.25) is 4.79 Å². The molecule has 1 aliphatic rings. The molecule has 0 spiro atoms. The summed E-state index contributed by atoms with van der Waals surface area (Å²) < 4.78 is 16.8. The van der Waals surface area contributed by atoms with Crippen molar-refractivity contribution in [3.63, 3.8) is 0 Å². The molecule has 1 aromatic rings. The molecule has 1 aliphatic carbocycles. The van der Waals surface area contributed by atoms with Gasteiger partial charge < -0.3 is 19.5 Å². The second-order valence-electron chi connectivity index (χ2n) is 6.89. The van der Waals surface area contributed by atoms with Crippen LogP contribution < -0.4 is 10.1 Å². The summed E-state index contributed by atoms with van der Waals surface area (Å²) in [7, 11) is 1.63. The van der Waals surface area contributed by atoms with E-state index in [2.05, 4.69) is 12.2 Å². The van der Waals surface area contributed by atoms with Crippen LogP contribution in [-0.2, 0) is 14.3 Å². The Labute approximate surface area is 161 Å². The Morgan fingerprint density at radius 2 is 2.04 bits per heavy atom. The first-order chi connectivity index (χ1) is 12.5. The van der Waals surface area contributed by atoms with Gasteiger partial charge in [-0.25, -0.2) is 0 Å². The van der Waals surface area contributed by atoms with E-state index in [0.29, 0.717) is 29.7 Å². The highest BCUT2D eigenvalue weighted by atomic mass is 35.5. The molecule has 0 aliphatic heterocycles. The molecular weight excluding hydrogens is 354 g/mol. The Bertz CT molecular complexity index is 587. The third kappa shape index (κ3) is 5.60. The zero-order valence-corrected chi connectivity index (χ0v) is 16.7. The summed E-state index contributed by atoms with van der Waals surface area (Å²) in [6.45, 7) is 5.04. The summed E-state index contributed by atoms with van der Waals surface area (Å²) >= 11 is 6.31. The van der Waals surface area contributed by atoms with E-state index >= 15 is 0 Å². The Hall–Kier alpha value is -1.30. The minimum atomic E-state index is -0.719. The number of rotatable bonds is 9. The highest BCUT2D eigenvalue weighted by molar-refractivity contribution is 6.32. The number of methoxy groups -OCH3 is 1. The Balaban J connectivity index is 2.06. The average molecular weight is 384 g/mol. The number of halogens is 1. The van der Waals surface area contributed by atoms with Crippen LogP contribution in [0.25, 0.3) is 0 Å². The Morgan fingerprint density at radius 3 is 2.65 bits per heavy atom. The number of hydrogen-bond donors (Lipinski definition) is 1. The van der Waals surface area contributed by atoms with Crippen LogP contribution in [0, 0.1) is 0 Å². The van der Waals surface area contributed by atoms with Gasteiger partial charge in [-0.15, -0.1) is 0 Å². The third-order valence-electron chi connectivity index (χ3n) is 4.58. The molecule has 2 rings (SSSR count). The van der Waals surface area contributed by atoms with Gasteiger partial charge in [0, 0.05) is 19.4 Å². The fourth-order valence-electron chi connectivity index (χ4n) is 3.26. The first-order valence-electron chi connectivity index (χ1n) is 9.41. The molecule has 0 heterocycles. The predicted octanol–water partition coefficient (Wildman–Crippen LogP) is 4.82. The average Bonchev–Trinajstić information content (AvgIpc) is 2.63. The van der Waals surface area contributed by atoms with E-state index in [1.54, 1.807) is 25.3 Å². The van der Waals surface area contributed by atoms with E-state index < -0.39 is 5.60 Å². The molecule has 0 saturated heterocycles. The summed E-state index contributed by atoms with van der Waals surface area (Å²) in [5.41, 5.74) is -0.0696. The molecule has 1 atom stereocenters. The minimum absolute atomic E-state index is 0.0804.